The van der Waals surface area contributed by atoms with Crippen molar-refractivity contribution >= 4 is 5.91 Å². The highest BCUT2D eigenvalue weighted by Gasteiger charge is 2.33. The fourth-order valence-electron chi connectivity index (χ4n) is 2.95. The van der Waals surface area contributed by atoms with Crippen LogP contribution in [0.15, 0.2) is 12.4 Å². The number of likely N-dealkylation sites (tertiary alicyclic amines) is 1. The fraction of sp³-hybridized carbons (Fsp3) is 0.769. The van der Waals surface area contributed by atoms with Crippen molar-refractivity contribution in [3.8, 4) is 0 Å². The summed E-state index contributed by atoms with van der Waals surface area (Å²) in [5.74, 6) is 0.168. The van der Waals surface area contributed by atoms with Crippen LogP contribution in [-0.2, 0) is 9.53 Å². The van der Waals surface area contributed by atoms with Crippen molar-refractivity contribution in [2.75, 3.05) is 13.1 Å². The molecule has 0 aromatic carbocycles. The van der Waals surface area contributed by atoms with Gasteiger partial charge < -0.3 is 9.64 Å². The number of hydrogen-bond donors (Lipinski definition) is 0. The molecular weight excluding hydrogens is 244 g/mol. The third-order valence-corrected chi connectivity index (χ3v) is 4.10. The van der Waals surface area contributed by atoms with Gasteiger partial charge in [0.05, 0.1) is 18.3 Å². The molecule has 1 aromatic rings. The van der Waals surface area contributed by atoms with Crippen LogP contribution in [-0.4, -0.2) is 51.1 Å². The predicted molar refractivity (Wildman–Crippen MR) is 68.4 cm³/mol. The number of piperidine rings is 1. The molecule has 2 saturated heterocycles. The van der Waals surface area contributed by atoms with E-state index in [-0.39, 0.29) is 18.1 Å². The quantitative estimate of drug-likeness (QED) is 0.800. The highest BCUT2D eigenvalue weighted by molar-refractivity contribution is 5.81. The number of amides is 1. The SMILES string of the molecule is CC1CCC(C(=O)N2CCC(n3ccnn3)CC2)O1. The minimum absolute atomic E-state index is 0.168. The summed E-state index contributed by atoms with van der Waals surface area (Å²) in [5.41, 5.74) is 0. The van der Waals surface area contributed by atoms with E-state index in [0.717, 1.165) is 38.8 Å². The number of nitrogens with zero attached hydrogens (tertiary/aromatic N) is 4. The molecule has 3 heterocycles. The second-order valence-corrected chi connectivity index (χ2v) is 5.45. The molecule has 1 aromatic heterocycles. The minimum atomic E-state index is -0.210. The summed E-state index contributed by atoms with van der Waals surface area (Å²) >= 11 is 0. The van der Waals surface area contributed by atoms with E-state index < -0.39 is 0 Å². The fourth-order valence-corrected chi connectivity index (χ4v) is 2.95. The van der Waals surface area contributed by atoms with Crippen LogP contribution in [0, 0.1) is 0 Å². The van der Waals surface area contributed by atoms with E-state index in [1.807, 2.05) is 22.7 Å². The lowest BCUT2D eigenvalue weighted by molar-refractivity contribution is -0.144. The van der Waals surface area contributed by atoms with Gasteiger partial charge in [-0.1, -0.05) is 5.21 Å². The van der Waals surface area contributed by atoms with Crippen LogP contribution in [0.25, 0.3) is 0 Å². The molecule has 6 heteroatoms. The van der Waals surface area contributed by atoms with E-state index in [4.69, 9.17) is 4.74 Å². The highest BCUT2D eigenvalue weighted by atomic mass is 16.5. The van der Waals surface area contributed by atoms with Crippen molar-refractivity contribution in [1.29, 1.82) is 0 Å². The van der Waals surface area contributed by atoms with E-state index in [2.05, 4.69) is 10.3 Å². The Morgan fingerprint density at radius 1 is 1.26 bits per heavy atom. The summed E-state index contributed by atoms with van der Waals surface area (Å²) in [6.45, 7) is 3.61. The number of carbonyl (C=O) groups is 1. The molecule has 3 rings (SSSR count). The first-order chi connectivity index (χ1) is 9.24. The van der Waals surface area contributed by atoms with Crippen molar-refractivity contribution in [1.82, 2.24) is 19.9 Å². The van der Waals surface area contributed by atoms with Gasteiger partial charge in [0.25, 0.3) is 5.91 Å². The molecular formula is C13H20N4O2. The molecule has 0 N–H and O–H groups in total. The molecule has 2 aliphatic rings. The van der Waals surface area contributed by atoms with Crippen molar-refractivity contribution < 1.29 is 9.53 Å². The second kappa shape index (κ2) is 5.28. The smallest absolute Gasteiger partial charge is 0.251 e. The average molecular weight is 264 g/mol. The van der Waals surface area contributed by atoms with Gasteiger partial charge in [-0.15, -0.1) is 5.10 Å². The summed E-state index contributed by atoms with van der Waals surface area (Å²) in [4.78, 5) is 14.2. The zero-order valence-electron chi connectivity index (χ0n) is 11.2. The first-order valence-corrected chi connectivity index (χ1v) is 7.04. The lowest BCUT2D eigenvalue weighted by Gasteiger charge is -2.33. The number of rotatable bonds is 2. The maximum Gasteiger partial charge on any atom is 0.251 e. The standard InChI is InChI=1S/C13H20N4O2/c1-10-2-3-12(19-10)13(18)16-7-4-11(5-8-16)17-9-6-14-15-17/h6,9-12H,2-5,7-8H2,1H3. The van der Waals surface area contributed by atoms with Crippen LogP contribution in [0.4, 0.5) is 0 Å². The van der Waals surface area contributed by atoms with Gasteiger partial charge in [-0.05, 0) is 32.6 Å². The Bertz CT molecular complexity index is 426. The van der Waals surface area contributed by atoms with Gasteiger partial charge >= 0.3 is 0 Å². The Morgan fingerprint density at radius 3 is 2.63 bits per heavy atom. The van der Waals surface area contributed by atoms with Crippen molar-refractivity contribution in [3.05, 3.63) is 12.4 Å². The number of ether oxygens (including phenoxy) is 1. The third-order valence-electron chi connectivity index (χ3n) is 4.10. The lowest BCUT2D eigenvalue weighted by Crippen LogP contribution is -2.44. The maximum absolute atomic E-state index is 12.3. The van der Waals surface area contributed by atoms with Gasteiger partial charge in [-0.3, -0.25) is 4.79 Å². The molecule has 0 spiro atoms. The molecule has 2 atom stereocenters. The zero-order valence-corrected chi connectivity index (χ0v) is 11.2. The van der Waals surface area contributed by atoms with Crippen molar-refractivity contribution in [2.45, 2.75) is 50.9 Å². The van der Waals surface area contributed by atoms with Crippen molar-refractivity contribution in [2.24, 2.45) is 0 Å². The molecule has 0 aliphatic carbocycles. The molecule has 1 amide bonds. The minimum Gasteiger partial charge on any atom is -0.365 e. The Labute approximate surface area is 112 Å². The summed E-state index contributed by atoms with van der Waals surface area (Å²) in [6, 6.07) is 0.370. The van der Waals surface area contributed by atoms with E-state index in [9.17, 15) is 4.79 Å². The first kappa shape index (κ1) is 12.6. The monoisotopic (exact) mass is 264 g/mol. The van der Waals surface area contributed by atoms with Gasteiger partial charge in [0.1, 0.15) is 6.10 Å². The van der Waals surface area contributed by atoms with Crippen LogP contribution in [0.3, 0.4) is 0 Å². The number of hydrogen-bond acceptors (Lipinski definition) is 4. The molecule has 0 saturated carbocycles. The Hall–Kier alpha value is -1.43. The summed E-state index contributed by atoms with van der Waals surface area (Å²) in [7, 11) is 0. The molecule has 0 bridgehead atoms. The van der Waals surface area contributed by atoms with E-state index in [1.54, 1.807) is 6.20 Å². The predicted octanol–water partition coefficient (Wildman–Crippen LogP) is 1.01. The molecule has 6 nitrogen and oxygen atoms in total. The lowest BCUT2D eigenvalue weighted by atomic mass is 10.0. The topological polar surface area (TPSA) is 60.2 Å². The number of carbonyl (C=O) groups excluding carboxylic acids is 1. The van der Waals surface area contributed by atoms with Crippen LogP contribution < -0.4 is 0 Å². The Kier molecular flexibility index (Phi) is 3.50. The van der Waals surface area contributed by atoms with Gasteiger partial charge in [-0.25, -0.2) is 4.68 Å². The third kappa shape index (κ3) is 2.63. The van der Waals surface area contributed by atoms with Gasteiger partial charge in [0.2, 0.25) is 0 Å². The van der Waals surface area contributed by atoms with Gasteiger partial charge in [0, 0.05) is 19.3 Å². The Morgan fingerprint density at radius 2 is 2.05 bits per heavy atom. The van der Waals surface area contributed by atoms with E-state index in [0.29, 0.717) is 6.04 Å². The summed E-state index contributed by atoms with van der Waals surface area (Å²) in [5, 5.41) is 7.87. The van der Waals surface area contributed by atoms with Crippen LogP contribution in [0.1, 0.15) is 38.6 Å². The summed E-state index contributed by atoms with van der Waals surface area (Å²) < 4.78 is 7.56. The zero-order chi connectivity index (χ0) is 13.2. The van der Waals surface area contributed by atoms with Gasteiger partial charge in [0.15, 0.2) is 0 Å². The summed E-state index contributed by atoms with van der Waals surface area (Å²) in [6.07, 6.45) is 7.35. The highest BCUT2D eigenvalue weighted by Crippen LogP contribution is 2.25. The molecule has 2 unspecified atom stereocenters. The van der Waals surface area contributed by atoms with E-state index in [1.165, 1.54) is 0 Å². The Balaban J connectivity index is 1.54. The largest absolute Gasteiger partial charge is 0.365 e. The normalized spacial score (nSPS) is 28.8. The van der Waals surface area contributed by atoms with E-state index >= 15 is 0 Å². The molecule has 0 radical (unpaired) electrons. The second-order valence-electron chi connectivity index (χ2n) is 5.45. The molecule has 104 valence electrons. The average Bonchev–Trinajstić information content (AvgIpc) is 3.09. The van der Waals surface area contributed by atoms with Crippen LogP contribution in [0.2, 0.25) is 0 Å². The maximum atomic E-state index is 12.3. The number of aromatic nitrogens is 3. The first-order valence-electron chi connectivity index (χ1n) is 7.04. The molecule has 19 heavy (non-hydrogen) atoms. The molecule has 2 aliphatic heterocycles. The van der Waals surface area contributed by atoms with Crippen molar-refractivity contribution in [3.63, 3.8) is 0 Å². The van der Waals surface area contributed by atoms with Crippen LogP contribution >= 0.6 is 0 Å². The van der Waals surface area contributed by atoms with Gasteiger partial charge in [-0.2, -0.15) is 0 Å². The van der Waals surface area contributed by atoms with Crippen LogP contribution in [0.5, 0.6) is 0 Å². The molecule has 2 fully saturated rings.